The van der Waals surface area contributed by atoms with Crippen LogP contribution in [0.4, 0.5) is 0 Å². The van der Waals surface area contributed by atoms with Crippen LogP contribution in [0.2, 0.25) is 0 Å². The summed E-state index contributed by atoms with van der Waals surface area (Å²) in [6, 6.07) is 9.12. The molecule has 1 aromatic carbocycles. The van der Waals surface area contributed by atoms with Crippen LogP contribution in [0.25, 0.3) is 0 Å². The molecule has 24 heavy (non-hydrogen) atoms. The third-order valence-electron chi connectivity index (χ3n) is 4.42. The predicted molar refractivity (Wildman–Crippen MR) is 97.1 cm³/mol. The van der Waals surface area contributed by atoms with Gasteiger partial charge in [0.05, 0.1) is 18.3 Å². The molecule has 0 bridgehead atoms. The molecule has 3 nitrogen and oxygen atoms in total. The van der Waals surface area contributed by atoms with E-state index in [1.54, 1.807) is 12.1 Å². The van der Waals surface area contributed by atoms with E-state index in [4.69, 9.17) is 9.47 Å². The van der Waals surface area contributed by atoms with Crippen LogP contribution < -0.4 is 0 Å². The van der Waals surface area contributed by atoms with Gasteiger partial charge in [-0.3, -0.25) is 0 Å². The van der Waals surface area contributed by atoms with Crippen molar-refractivity contribution in [3.8, 4) is 0 Å². The number of benzene rings is 1. The maximum absolute atomic E-state index is 12.0. The molecule has 132 valence electrons. The summed E-state index contributed by atoms with van der Waals surface area (Å²) >= 11 is 0. The lowest BCUT2D eigenvalue weighted by molar-refractivity contribution is 0.00798. The van der Waals surface area contributed by atoms with Crippen LogP contribution in [0.15, 0.2) is 42.0 Å². The molecule has 0 spiro atoms. The molecule has 1 aliphatic rings. The van der Waals surface area contributed by atoms with Gasteiger partial charge in [-0.2, -0.15) is 0 Å². The van der Waals surface area contributed by atoms with E-state index in [0.717, 1.165) is 6.42 Å². The van der Waals surface area contributed by atoms with Gasteiger partial charge in [0.25, 0.3) is 0 Å². The number of allylic oxidation sites excluding steroid dienone is 1. The van der Waals surface area contributed by atoms with Gasteiger partial charge in [-0.15, -0.1) is 0 Å². The average Bonchev–Trinajstić information content (AvgIpc) is 2.54. The molecule has 0 saturated heterocycles. The Hall–Kier alpha value is -1.61. The van der Waals surface area contributed by atoms with E-state index < -0.39 is 0 Å². The smallest absolute Gasteiger partial charge is 0.338 e. The fraction of sp³-hybridized carbons (Fsp3) is 0.571. The molecule has 0 aliphatic heterocycles. The Morgan fingerprint density at radius 2 is 1.79 bits per heavy atom. The maximum Gasteiger partial charge on any atom is 0.338 e. The zero-order valence-corrected chi connectivity index (χ0v) is 15.0. The third-order valence-corrected chi connectivity index (χ3v) is 4.42. The third kappa shape index (κ3) is 6.88. The fourth-order valence-corrected chi connectivity index (χ4v) is 3.05. The largest absolute Gasteiger partial charge is 0.459 e. The monoisotopic (exact) mass is 330 g/mol. The van der Waals surface area contributed by atoms with Crippen LogP contribution in [0, 0.1) is 0 Å². The molecule has 1 aliphatic carbocycles. The number of carbonyl (C=O) groups excluding carboxylic acids is 1. The van der Waals surface area contributed by atoms with Crippen molar-refractivity contribution in [3.63, 3.8) is 0 Å². The van der Waals surface area contributed by atoms with Gasteiger partial charge >= 0.3 is 5.97 Å². The summed E-state index contributed by atoms with van der Waals surface area (Å²) < 4.78 is 11.5. The molecule has 0 heterocycles. The van der Waals surface area contributed by atoms with Crippen LogP contribution in [-0.4, -0.2) is 24.8 Å². The number of esters is 1. The zero-order chi connectivity index (χ0) is 17.2. The minimum Gasteiger partial charge on any atom is -0.459 e. The van der Waals surface area contributed by atoms with E-state index in [9.17, 15) is 4.79 Å². The van der Waals surface area contributed by atoms with E-state index >= 15 is 0 Å². The highest BCUT2D eigenvalue weighted by Gasteiger charge is 2.15. The van der Waals surface area contributed by atoms with Gasteiger partial charge < -0.3 is 9.47 Å². The normalized spacial score (nSPS) is 20.2. The number of ether oxygens (including phenoxy) is 2. The van der Waals surface area contributed by atoms with Gasteiger partial charge in [0, 0.05) is 6.42 Å². The Balaban J connectivity index is 1.71. The van der Waals surface area contributed by atoms with Crippen LogP contribution in [-0.2, 0) is 9.47 Å². The zero-order valence-electron chi connectivity index (χ0n) is 15.0. The van der Waals surface area contributed by atoms with Crippen molar-refractivity contribution in [3.05, 3.63) is 47.5 Å². The van der Waals surface area contributed by atoms with Gasteiger partial charge in [-0.05, 0) is 57.2 Å². The molecule has 0 fully saturated rings. The Morgan fingerprint density at radius 1 is 1.04 bits per heavy atom. The van der Waals surface area contributed by atoms with Crippen LogP contribution in [0.3, 0.4) is 0 Å². The first-order chi connectivity index (χ1) is 11.6. The number of hydrogen-bond acceptors (Lipinski definition) is 3. The molecular formula is C21H30O3. The van der Waals surface area contributed by atoms with E-state index in [0.29, 0.717) is 18.6 Å². The summed E-state index contributed by atoms with van der Waals surface area (Å²) in [6.45, 7) is 4.69. The summed E-state index contributed by atoms with van der Waals surface area (Å²) in [6.07, 6.45) is 10.6. The second-order valence-corrected chi connectivity index (χ2v) is 6.75. The first-order valence-corrected chi connectivity index (χ1v) is 9.20. The van der Waals surface area contributed by atoms with Crippen molar-refractivity contribution in [2.45, 2.75) is 71.0 Å². The summed E-state index contributed by atoms with van der Waals surface area (Å²) in [5, 5.41) is 0. The molecule has 0 aromatic heterocycles. The predicted octanol–water partition coefficient (Wildman–Crippen LogP) is 5.31. The minimum absolute atomic E-state index is 0.0786. The first kappa shape index (κ1) is 18.7. The number of hydrogen-bond donors (Lipinski definition) is 0. The van der Waals surface area contributed by atoms with Crippen LogP contribution in [0.5, 0.6) is 0 Å². The lowest BCUT2D eigenvalue weighted by atomic mass is 10.0. The quantitative estimate of drug-likeness (QED) is 0.502. The van der Waals surface area contributed by atoms with Gasteiger partial charge in [-0.25, -0.2) is 4.79 Å². The number of rotatable bonds is 7. The maximum atomic E-state index is 12.0. The highest BCUT2D eigenvalue weighted by molar-refractivity contribution is 5.89. The second-order valence-electron chi connectivity index (χ2n) is 6.75. The molecule has 0 saturated carbocycles. The van der Waals surface area contributed by atoms with Crippen molar-refractivity contribution >= 4 is 5.97 Å². The Morgan fingerprint density at radius 3 is 2.58 bits per heavy atom. The molecule has 1 aromatic rings. The Labute approximate surface area is 146 Å². The fourth-order valence-electron chi connectivity index (χ4n) is 3.05. The summed E-state index contributed by atoms with van der Waals surface area (Å²) in [5.74, 6) is -0.266. The molecule has 0 amide bonds. The molecule has 0 N–H and O–H groups in total. The Kier molecular flexibility index (Phi) is 8.03. The van der Waals surface area contributed by atoms with E-state index in [-0.39, 0.29) is 18.2 Å². The highest BCUT2D eigenvalue weighted by atomic mass is 16.5. The minimum atomic E-state index is -0.266. The summed E-state index contributed by atoms with van der Waals surface area (Å²) in [7, 11) is 0. The van der Waals surface area contributed by atoms with Crippen LogP contribution >= 0.6 is 0 Å². The lowest BCUT2D eigenvalue weighted by Crippen LogP contribution is -2.22. The first-order valence-electron chi connectivity index (χ1n) is 9.20. The highest BCUT2D eigenvalue weighted by Crippen LogP contribution is 2.18. The van der Waals surface area contributed by atoms with E-state index in [1.165, 1.54) is 37.7 Å². The molecule has 3 heteroatoms. The van der Waals surface area contributed by atoms with Crippen molar-refractivity contribution in [1.82, 2.24) is 0 Å². The van der Waals surface area contributed by atoms with Gasteiger partial charge in [0.2, 0.25) is 0 Å². The van der Waals surface area contributed by atoms with Gasteiger partial charge in [0.1, 0.15) is 6.10 Å². The van der Waals surface area contributed by atoms with Crippen molar-refractivity contribution in [2.75, 3.05) is 6.61 Å². The average molecular weight is 330 g/mol. The van der Waals surface area contributed by atoms with Crippen molar-refractivity contribution < 1.29 is 14.3 Å². The molecule has 2 atom stereocenters. The van der Waals surface area contributed by atoms with Crippen molar-refractivity contribution in [1.29, 1.82) is 0 Å². The number of carbonyl (C=O) groups is 1. The standard InChI is InChI=1S/C21H30O3/c1-17(23-16-19-11-7-4-3-5-8-12-19)15-18(2)24-21(22)20-13-9-6-10-14-20/h6,9-11,13-14,17-18H,3-5,7-8,12,15-16H2,1-2H3/b19-11+/t17-,18-/m1/s1. The molecular weight excluding hydrogens is 300 g/mol. The molecule has 2 rings (SSSR count). The molecule has 0 unspecified atom stereocenters. The summed E-state index contributed by atoms with van der Waals surface area (Å²) in [4.78, 5) is 12.0. The topological polar surface area (TPSA) is 35.5 Å². The molecule has 0 radical (unpaired) electrons. The lowest BCUT2D eigenvalue weighted by Gasteiger charge is -2.20. The Bertz CT molecular complexity index is 521. The van der Waals surface area contributed by atoms with Gasteiger partial charge in [0.15, 0.2) is 0 Å². The SMILES string of the molecule is C[C@H](C[C@@H](C)OC(=O)c1ccccc1)OC/C1=C/CCCCCC1. The second kappa shape index (κ2) is 10.3. The van der Waals surface area contributed by atoms with Crippen LogP contribution in [0.1, 0.15) is 69.2 Å². The van der Waals surface area contributed by atoms with Gasteiger partial charge in [-0.1, -0.05) is 37.1 Å². The van der Waals surface area contributed by atoms with E-state index in [2.05, 4.69) is 13.0 Å². The van der Waals surface area contributed by atoms with Crippen molar-refractivity contribution in [2.24, 2.45) is 0 Å². The van der Waals surface area contributed by atoms with E-state index in [1.807, 2.05) is 25.1 Å². The summed E-state index contributed by atoms with van der Waals surface area (Å²) in [5.41, 5.74) is 2.02.